The molecule has 1 heterocycles. The van der Waals surface area contributed by atoms with Crippen molar-refractivity contribution in [3.05, 3.63) is 47.9 Å². The Kier molecular flexibility index (Phi) is 3.46. The summed E-state index contributed by atoms with van der Waals surface area (Å²) in [5.74, 6) is 0. The van der Waals surface area contributed by atoms with E-state index >= 15 is 0 Å². The van der Waals surface area contributed by atoms with Gasteiger partial charge in [-0.3, -0.25) is 0 Å². The van der Waals surface area contributed by atoms with E-state index in [1.165, 1.54) is 28.5 Å². The van der Waals surface area contributed by atoms with Crippen LogP contribution in [0.15, 0.2) is 42.3 Å². The van der Waals surface area contributed by atoms with Crippen molar-refractivity contribution >= 4 is 21.4 Å². The van der Waals surface area contributed by atoms with E-state index in [9.17, 15) is 0 Å². The van der Waals surface area contributed by atoms with Crippen molar-refractivity contribution in [3.8, 4) is 0 Å². The van der Waals surface area contributed by atoms with Gasteiger partial charge in [0.25, 0.3) is 0 Å². The van der Waals surface area contributed by atoms with Crippen LogP contribution >= 0.6 is 11.3 Å². The van der Waals surface area contributed by atoms with Crippen LogP contribution in [-0.2, 0) is 6.42 Å². The van der Waals surface area contributed by atoms with Gasteiger partial charge >= 0.3 is 0 Å². The highest BCUT2D eigenvalue weighted by atomic mass is 32.1. The molecule has 0 saturated heterocycles. The lowest BCUT2D eigenvalue weighted by Gasteiger charge is -2.26. The van der Waals surface area contributed by atoms with Gasteiger partial charge in [-0.1, -0.05) is 31.2 Å². The van der Waals surface area contributed by atoms with Gasteiger partial charge in [0.2, 0.25) is 0 Å². The van der Waals surface area contributed by atoms with E-state index in [1.54, 1.807) is 0 Å². The van der Waals surface area contributed by atoms with Gasteiger partial charge in [-0.2, -0.15) is 0 Å². The van der Waals surface area contributed by atoms with Crippen LogP contribution in [0.2, 0.25) is 0 Å². The third kappa shape index (κ3) is 2.90. The third-order valence-electron chi connectivity index (χ3n) is 4.02. The number of thiophene rings is 1. The van der Waals surface area contributed by atoms with Crippen LogP contribution in [0.5, 0.6) is 0 Å². The Labute approximate surface area is 119 Å². The summed E-state index contributed by atoms with van der Waals surface area (Å²) in [6.07, 6.45) is 5.87. The van der Waals surface area contributed by atoms with Crippen molar-refractivity contribution in [1.29, 1.82) is 0 Å². The Morgan fingerprint density at radius 2 is 2.21 bits per heavy atom. The number of hydrogen-bond acceptors (Lipinski definition) is 2. The van der Waals surface area contributed by atoms with Crippen LogP contribution in [0.1, 0.15) is 25.3 Å². The van der Waals surface area contributed by atoms with Gasteiger partial charge in [0, 0.05) is 22.7 Å². The molecule has 0 aliphatic heterocycles. The molecule has 1 aromatic carbocycles. The number of fused-ring (bicyclic) bond motifs is 1. The molecule has 1 unspecified atom stereocenters. The van der Waals surface area contributed by atoms with E-state index in [2.05, 4.69) is 54.5 Å². The normalized spacial score (nSPS) is 18.4. The van der Waals surface area contributed by atoms with E-state index in [1.807, 2.05) is 11.3 Å². The summed E-state index contributed by atoms with van der Waals surface area (Å²) < 4.78 is 1.39. The molecule has 1 aromatic heterocycles. The summed E-state index contributed by atoms with van der Waals surface area (Å²) in [6, 6.07) is 9.45. The maximum absolute atomic E-state index is 4.06. The Balaban J connectivity index is 1.78. The topological polar surface area (TPSA) is 12.0 Å². The van der Waals surface area contributed by atoms with Crippen molar-refractivity contribution in [2.45, 2.75) is 32.2 Å². The molecule has 1 fully saturated rings. The summed E-state index contributed by atoms with van der Waals surface area (Å²) in [4.78, 5) is 0. The molecular weight excluding hydrogens is 250 g/mol. The fourth-order valence-electron chi connectivity index (χ4n) is 2.48. The highest BCUT2D eigenvalue weighted by Gasteiger charge is 2.27. The van der Waals surface area contributed by atoms with Crippen LogP contribution in [-0.4, -0.2) is 12.6 Å². The summed E-state index contributed by atoms with van der Waals surface area (Å²) >= 11 is 1.85. The van der Waals surface area contributed by atoms with Gasteiger partial charge in [0.1, 0.15) is 0 Å². The Morgan fingerprint density at radius 1 is 1.42 bits per heavy atom. The SMILES string of the molecule is C=CC(C)(CNC1CC1)Cc1csc2ccccc12. The van der Waals surface area contributed by atoms with Crippen molar-refractivity contribution < 1.29 is 0 Å². The molecule has 1 N–H and O–H groups in total. The average Bonchev–Trinajstić information content (AvgIpc) is 3.19. The predicted molar refractivity (Wildman–Crippen MR) is 84.9 cm³/mol. The van der Waals surface area contributed by atoms with Crippen molar-refractivity contribution in [2.24, 2.45) is 5.41 Å². The molecule has 19 heavy (non-hydrogen) atoms. The highest BCUT2D eigenvalue weighted by molar-refractivity contribution is 7.17. The molecule has 0 amide bonds. The molecule has 1 atom stereocenters. The van der Waals surface area contributed by atoms with Crippen molar-refractivity contribution in [1.82, 2.24) is 5.32 Å². The number of hydrogen-bond donors (Lipinski definition) is 1. The van der Waals surface area contributed by atoms with Crippen LogP contribution < -0.4 is 5.32 Å². The standard InChI is InChI=1S/C17H21NS/c1-3-17(2,12-18-14-8-9-14)10-13-11-19-16-7-5-4-6-15(13)16/h3-7,11,14,18H,1,8-10,12H2,2H3. The van der Waals surface area contributed by atoms with Gasteiger partial charge in [-0.25, -0.2) is 0 Å². The zero-order valence-electron chi connectivity index (χ0n) is 11.5. The molecule has 0 bridgehead atoms. The summed E-state index contributed by atoms with van der Waals surface area (Å²) in [5.41, 5.74) is 1.60. The molecule has 3 rings (SSSR count). The Morgan fingerprint density at radius 3 is 2.95 bits per heavy atom. The van der Waals surface area contributed by atoms with Crippen LogP contribution in [0.25, 0.3) is 10.1 Å². The maximum Gasteiger partial charge on any atom is 0.0345 e. The fourth-order valence-corrected chi connectivity index (χ4v) is 3.44. The lowest BCUT2D eigenvalue weighted by atomic mass is 9.83. The second-order valence-corrected chi connectivity index (χ2v) is 6.86. The summed E-state index contributed by atoms with van der Waals surface area (Å²) in [5, 5.41) is 7.36. The van der Waals surface area contributed by atoms with Crippen molar-refractivity contribution in [3.63, 3.8) is 0 Å². The average molecular weight is 271 g/mol. The molecular formula is C17H21NS. The first-order valence-electron chi connectivity index (χ1n) is 7.02. The van der Waals surface area contributed by atoms with E-state index in [-0.39, 0.29) is 5.41 Å². The molecule has 0 radical (unpaired) electrons. The molecule has 2 aromatic rings. The van der Waals surface area contributed by atoms with E-state index in [0.29, 0.717) is 0 Å². The first-order valence-corrected chi connectivity index (χ1v) is 7.90. The number of nitrogens with one attached hydrogen (secondary N) is 1. The van der Waals surface area contributed by atoms with E-state index in [0.717, 1.165) is 19.0 Å². The molecule has 1 nitrogen and oxygen atoms in total. The van der Waals surface area contributed by atoms with Gasteiger partial charge in [0.05, 0.1) is 0 Å². The van der Waals surface area contributed by atoms with Gasteiger partial charge in [-0.05, 0) is 41.7 Å². The first-order chi connectivity index (χ1) is 9.20. The molecule has 2 heteroatoms. The molecule has 1 aliphatic carbocycles. The van der Waals surface area contributed by atoms with E-state index < -0.39 is 0 Å². The molecule has 1 aliphatic rings. The van der Waals surface area contributed by atoms with Gasteiger partial charge in [-0.15, -0.1) is 17.9 Å². The lowest BCUT2D eigenvalue weighted by molar-refractivity contribution is 0.390. The zero-order valence-corrected chi connectivity index (χ0v) is 12.3. The van der Waals surface area contributed by atoms with Gasteiger partial charge in [0.15, 0.2) is 0 Å². The lowest BCUT2D eigenvalue weighted by Crippen LogP contribution is -2.33. The monoisotopic (exact) mass is 271 g/mol. The van der Waals surface area contributed by atoms with Crippen LogP contribution in [0, 0.1) is 5.41 Å². The second-order valence-electron chi connectivity index (χ2n) is 5.95. The fraction of sp³-hybridized carbons (Fsp3) is 0.412. The summed E-state index contributed by atoms with van der Waals surface area (Å²) in [6.45, 7) is 7.40. The quantitative estimate of drug-likeness (QED) is 0.768. The number of benzene rings is 1. The molecule has 100 valence electrons. The first kappa shape index (κ1) is 12.9. The maximum atomic E-state index is 4.06. The number of rotatable bonds is 6. The minimum Gasteiger partial charge on any atom is -0.313 e. The smallest absolute Gasteiger partial charge is 0.0345 e. The Bertz CT molecular complexity index is 582. The minimum atomic E-state index is 0.145. The van der Waals surface area contributed by atoms with Crippen LogP contribution in [0.4, 0.5) is 0 Å². The minimum absolute atomic E-state index is 0.145. The van der Waals surface area contributed by atoms with E-state index in [4.69, 9.17) is 0 Å². The zero-order chi connectivity index (χ0) is 13.3. The third-order valence-corrected chi connectivity index (χ3v) is 5.03. The molecule has 1 saturated carbocycles. The second kappa shape index (κ2) is 5.10. The van der Waals surface area contributed by atoms with Crippen LogP contribution in [0.3, 0.4) is 0 Å². The van der Waals surface area contributed by atoms with Crippen molar-refractivity contribution in [2.75, 3.05) is 6.54 Å². The summed E-state index contributed by atoms with van der Waals surface area (Å²) in [7, 11) is 0. The highest BCUT2D eigenvalue weighted by Crippen LogP contribution is 2.32. The Hall–Kier alpha value is -1.12. The van der Waals surface area contributed by atoms with Gasteiger partial charge < -0.3 is 5.32 Å². The molecule has 0 spiro atoms. The largest absolute Gasteiger partial charge is 0.313 e. The predicted octanol–water partition coefficient (Wildman–Crippen LogP) is 4.39.